The molecule has 2 aromatic rings. The van der Waals surface area contributed by atoms with Crippen molar-refractivity contribution in [2.24, 2.45) is 5.73 Å². The summed E-state index contributed by atoms with van der Waals surface area (Å²) in [6.45, 7) is 1.06. The van der Waals surface area contributed by atoms with E-state index in [0.29, 0.717) is 13.2 Å². The van der Waals surface area contributed by atoms with Gasteiger partial charge in [0.1, 0.15) is 11.5 Å². The Bertz CT molecular complexity index is 499. The van der Waals surface area contributed by atoms with Crippen LogP contribution in [0.1, 0.15) is 11.5 Å². The van der Waals surface area contributed by atoms with Gasteiger partial charge in [-0.25, -0.2) is 0 Å². The fourth-order valence-corrected chi connectivity index (χ4v) is 2.00. The number of methoxy groups -OCH3 is 1. The summed E-state index contributed by atoms with van der Waals surface area (Å²) in [6.07, 6.45) is 0. The smallest absolute Gasteiger partial charge is 0.122 e. The number of hydrogen-bond acceptors (Lipinski definition) is 3. The maximum Gasteiger partial charge on any atom is 0.122 e. The molecule has 1 atom stereocenters. The molecule has 0 spiro atoms. The normalized spacial score (nSPS) is 11.9. The third-order valence-electron chi connectivity index (χ3n) is 3.06. The highest BCUT2D eigenvalue weighted by molar-refractivity contribution is 5.36. The van der Waals surface area contributed by atoms with Crippen LogP contribution < -0.4 is 15.2 Å². The van der Waals surface area contributed by atoms with Crippen LogP contribution in [-0.2, 0) is 0 Å². The monoisotopic (exact) mass is 257 g/mol. The Morgan fingerprint density at radius 3 is 2.37 bits per heavy atom. The molecule has 0 saturated heterocycles. The highest BCUT2D eigenvalue weighted by Gasteiger charge is 2.15. The molecule has 3 heteroatoms. The molecular weight excluding hydrogens is 238 g/mol. The van der Waals surface area contributed by atoms with Crippen LogP contribution in [0.5, 0.6) is 11.5 Å². The van der Waals surface area contributed by atoms with E-state index in [0.717, 1.165) is 17.1 Å². The minimum absolute atomic E-state index is 0.122. The molecule has 2 N–H and O–H groups in total. The summed E-state index contributed by atoms with van der Waals surface area (Å²) in [5.74, 6) is 1.84. The van der Waals surface area contributed by atoms with Gasteiger partial charge >= 0.3 is 0 Å². The lowest BCUT2D eigenvalue weighted by Crippen LogP contribution is -2.20. The highest BCUT2D eigenvalue weighted by atomic mass is 16.5. The summed E-state index contributed by atoms with van der Waals surface area (Å²) in [4.78, 5) is 0. The maximum absolute atomic E-state index is 5.86. The van der Waals surface area contributed by atoms with Gasteiger partial charge in [0.15, 0.2) is 0 Å². The van der Waals surface area contributed by atoms with Gasteiger partial charge < -0.3 is 15.2 Å². The van der Waals surface area contributed by atoms with Crippen molar-refractivity contribution in [3.05, 3.63) is 60.2 Å². The van der Waals surface area contributed by atoms with Gasteiger partial charge in [-0.1, -0.05) is 36.4 Å². The fraction of sp³-hybridized carbons (Fsp3) is 0.250. The van der Waals surface area contributed by atoms with Crippen LogP contribution in [0.15, 0.2) is 54.6 Å². The number of nitrogens with two attached hydrogens (primary N) is 1. The molecule has 19 heavy (non-hydrogen) atoms. The molecule has 0 amide bonds. The molecule has 2 rings (SSSR count). The van der Waals surface area contributed by atoms with E-state index in [1.165, 1.54) is 0 Å². The quantitative estimate of drug-likeness (QED) is 0.865. The number of benzene rings is 2. The van der Waals surface area contributed by atoms with Crippen molar-refractivity contribution in [2.75, 3.05) is 20.3 Å². The standard InChI is InChI=1S/C16H19NO2/c1-18-16-10-6-5-9-15(16)13(11-17)12-19-14-7-3-2-4-8-14/h2-10,13H,11-12,17H2,1H3. The summed E-state index contributed by atoms with van der Waals surface area (Å²) in [6, 6.07) is 17.7. The molecule has 0 aliphatic rings. The van der Waals surface area contributed by atoms with Crippen molar-refractivity contribution in [1.29, 1.82) is 0 Å². The second-order valence-electron chi connectivity index (χ2n) is 4.30. The first-order chi connectivity index (χ1) is 9.35. The molecule has 0 bridgehead atoms. The van der Waals surface area contributed by atoms with Gasteiger partial charge in [-0.2, -0.15) is 0 Å². The van der Waals surface area contributed by atoms with Gasteiger partial charge in [-0.05, 0) is 18.2 Å². The van der Waals surface area contributed by atoms with Crippen LogP contribution in [0.4, 0.5) is 0 Å². The second-order valence-corrected chi connectivity index (χ2v) is 4.30. The van der Waals surface area contributed by atoms with Crippen LogP contribution in [-0.4, -0.2) is 20.3 Å². The van der Waals surface area contributed by atoms with Crippen molar-refractivity contribution < 1.29 is 9.47 Å². The summed E-state index contributed by atoms with van der Waals surface area (Å²) in [5, 5.41) is 0. The minimum atomic E-state index is 0.122. The third-order valence-corrected chi connectivity index (χ3v) is 3.06. The van der Waals surface area contributed by atoms with E-state index in [1.54, 1.807) is 7.11 Å². The van der Waals surface area contributed by atoms with Gasteiger partial charge in [0.05, 0.1) is 13.7 Å². The van der Waals surface area contributed by atoms with E-state index in [9.17, 15) is 0 Å². The lowest BCUT2D eigenvalue weighted by molar-refractivity contribution is 0.286. The molecule has 0 heterocycles. The molecule has 3 nitrogen and oxygen atoms in total. The topological polar surface area (TPSA) is 44.5 Å². The Balaban J connectivity index is 2.08. The summed E-state index contributed by atoms with van der Waals surface area (Å²) < 4.78 is 11.1. The lowest BCUT2D eigenvalue weighted by Gasteiger charge is -2.18. The number of ether oxygens (including phenoxy) is 2. The third kappa shape index (κ3) is 3.48. The molecule has 0 aliphatic heterocycles. The maximum atomic E-state index is 5.86. The molecule has 0 aromatic heterocycles. The Morgan fingerprint density at radius 2 is 1.68 bits per heavy atom. The largest absolute Gasteiger partial charge is 0.496 e. The van der Waals surface area contributed by atoms with Crippen molar-refractivity contribution in [1.82, 2.24) is 0 Å². The highest BCUT2D eigenvalue weighted by Crippen LogP contribution is 2.26. The predicted octanol–water partition coefficient (Wildman–Crippen LogP) is 2.82. The first-order valence-electron chi connectivity index (χ1n) is 6.36. The second kappa shape index (κ2) is 6.81. The van der Waals surface area contributed by atoms with Crippen molar-refractivity contribution in [2.45, 2.75) is 5.92 Å². The van der Waals surface area contributed by atoms with E-state index >= 15 is 0 Å². The minimum Gasteiger partial charge on any atom is -0.496 e. The van der Waals surface area contributed by atoms with Crippen LogP contribution in [0.2, 0.25) is 0 Å². The van der Waals surface area contributed by atoms with Gasteiger partial charge in [0.25, 0.3) is 0 Å². The van der Waals surface area contributed by atoms with E-state index in [2.05, 4.69) is 0 Å². The molecule has 0 saturated carbocycles. The average Bonchev–Trinajstić information content (AvgIpc) is 2.49. The van der Waals surface area contributed by atoms with E-state index in [4.69, 9.17) is 15.2 Å². The van der Waals surface area contributed by atoms with E-state index in [-0.39, 0.29) is 5.92 Å². The number of hydrogen-bond donors (Lipinski definition) is 1. The zero-order chi connectivity index (χ0) is 13.5. The van der Waals surface area contributed by atoms with Crippen LogP contribution in [0.25, 0.3) is 0 Å². The molecule has 1 unspecified atom stereocenters. The zero-order valence-corrected chi connectivity index (χ0v) is 11.1. The fourth-order valence-electron chi connectivity index (χ4n) is 2.00. The lowest BCUT2D eigenvalue weighted by atomic mass is 9.99. The van der Waals surface area contributed by atoms with Crippen molar-refractivity contribution in [3.63, 3.8) is 0 Å². The van der Waals surface area contributed by atoms with Gasteiger partial charge in [-0.3, -0.25) is 0 Å². The summed E-state index contributed by atoms with van der Waals surface area (Å²) in [7, 11) is 1.67. The van der Waals surface area contributed by atoms with Crippen LogP contribution >= 0.6 is 0 Å². The first-order valence-corrected chi connectivity index (χ1v) is 6.36. The number of para-hydroxylation sites is 2. The molecule has 0 aliphatic carbocycles. The van der Waals surface area contributed by atoms with Crippen molar-refractivity contribution in [3.8, 4) is 11.5 Å². The Kier molecular flexibility index (Phi) is 4.81. The molecule has 0 fully saturated rings. The molecule has 0 radical (unpaired) electrons. The van der Waals surface area contributed by atoms with Crippen LogP contribution in [0.3, 0.4) is 0 Å². The van der Waals surface area contributed by atoms with Gasteiger partial charge in [0, 0.05) is 18.0 Å². The van der Waals surface area contributed by atoms with Gasteiger partial charge in [0.2, 0.25) is 0 Å². The Hall–Kier alpha value is -2.00. The van der Waals surface area contributed by atoms with E-state index < -0.39 is 0 Å². The van der Waals surface area contributed by atoms with E-state index in [1.807, 2.05) is 54.6 Å². The molecular formula is C16H19NO2. The van der Waals surface area contributed by atoms with Gasteiger partial charge in [-0.15, -0.1) is 0 Å². The first kappa shape index (κ1) is 13.4. The predicted molar refractivity (Wildman–Crippen MR) is 76.7 cm³/mol. The SMILES string of the molecule is COc1ccccc1C(CN)COc1ccccc1. The van der Waals surface area contributed by atoms with Crippen LogP contribution in [0, 0.1) is 0 Å². The average molecular weight is 257 g/mol. The van der Waals surface area contributed by atoms with Crippen molar-refractivity contribution >= 4 is 0 Å². The summed E-state index contributed by atoms with van der Waals surface area (Å²) in [5.41, 5.74) is 6.94. The molecule has 2 aromatic carbocycles. The Labute approximate surface area is 114 Å². The number of rotatable bonds is 6. The Morgan fingerprint density at radius 1 is 1.00 bits per heavy atom. The summed E-state index contributed by atoms with van der Waals surface area (Å²) >= 11 is 0. The zero-order valence-electron chi connectivity index (χ0n) is 11.1. The molecule has 100 valence electrons.